The average molecular weight is 514 g/mol. The van der Waals surface area contributed by atoms with Gasteiger partial charge in [0.15, 0.2) is 0 Å². The second-order valence-corrected chi connectivity index (χ2v) is 9.51. The highest BCUT2D eigenvalue weighted by atomic mass is 16.5. The number of benzene rings is 3. The van der Waals surface area contributed by atoms with Crippen molar-refractivity contribution in [1.29, 1.82) is 0 Å². The zero-order valence-corrected chi connectivity index (χ0v) is 21.4. The molecule has 3 aromatic rings. The van der Waals surface area contributed by atoms with Crippen molar-refractivity contribution in [2.75, 3.05) is 30.4 Å². The Labute approximate surface area is 222 Å². The second-order valence-electron chi connectivity index (χ2n) is 9.51. The van der Waals surface area contributed by atoms with Crippen LogP contribution in [0.5, 0.6) is 5.75 Å². The summed E-state index contributed by atoms with van der Waals surface area (Å²) in [6, 6.07) is 22.3. The van der Waals surface area contributed by atoms with Gasteiger partial charge in [-0.25, -0.2) is 4.79 Å². The van der Waals surface area contributed by atoms with Gasteiger partial charge in [-0.3, -0.25) is 14.9 Å². The molecule has 8 nitrogen and oxygen atoms in total. The Morgan fingerprint density at radius 3 is 2.39 bits per heavy atom. The summed E-state index contributed by atoms with van der Waals surface area (Å²) in [6.07, 6.45) is 2.05. The molecule has 0 radical (unpaired) electrons. The molecule has 0 bridgehead atoms. The third-order valence-electron chi connectivity index (χ3n) is 7.17. The van der Waals surface area contributed by atoms with Crippen LogP contribution < -0.4 is 15.0 Å². The van der Waals surface area contributed by atoms with Gasteiger partial charge in [0.25, 0.3) is 5.91 Å². The number of fused-ring (bicyclic) bond motifs is 1. The number of nitrogens with zero attached hydrogens (tertiary/aromatic N) is 2. The number of aryl methyl sites for hydroxylation is 1. The number of piperidine rings is 1. The first-order valence-electron chi connectivity index (χ1n) is 12.9. The van der Waals surface area contributed by atoms with Crippen molar-refractivity contribution in [3.63, 3.8) is 0 Å². The van der Waals surface area contributed by atoms with Crippen LogP contribution in [0.4, 0.5) is 16.2 Å². The fourth-order valence-electron chi connectivity index (χ4n) is 5.15. The molecule has 0 unspecified atom stereocenters. The molecule has 8 heteroatoms. The van der Waals surface area contributed by atoms with Crippen LogP contribution in [0.2, 0.25) is 0 Å². The number of methoxy groups -OCH3 is 1. The fourth-order valence-corrected chi connectivity index (χ4v) is 5.15. The van der Waals surface area contributed by atoms with E-state index in [0.29, 0.717) is 43.6 Å². The number of likely N-dealkylation sites (tertiary alicyclic amines) is 1. The van der Waals surface area contributed by atoms with Gasteiger partial charge in [0.05, 0.1) is 18.4 Å². The standard InChI is InChI=1S/C30H31N3O5/c1-37-24-13-10-21(11-14-24)20-38-30(36)31-26-8-4-3-7-25(26)29(35)32-18-16-23(17-19-32)33-27-9-5-2-6-22(27)12-15-28(33)34/h2-11,13-14,23H,12,15-20H2,1H3,(H,31,36). The van der Waals surface area contributed by atoms with Crippen LogP contribution in [0, 0.1) is 0 Å². The quantitative estimate of drug-likeness (QED) is 0.500. The van der Waals surface area contributed by atoms with E-state index >= 15 is 0 Å². The summed E-state index contributed by atoms with van der Waals surface area (Å²) in [6.45, 7) is 1.16. The summed E-state index contributed by atoms with van der Waals surface area (Å²) in [5.74, 6) is 0.720. The molecule has 3 amide bonds. The number of hydrogen-bond acceptors (Lipinski definition) is 5. The lowest BCUT2D eigenvalue weighted by atomic mass is 9.95. The van der Waals surface area contributed by atoms with E-state index in [9.17, 15) is 14.4 Å². The lowest BCUT2D eigenvalue weighted by molar-refractivity contribution is -0.119. The molecule has 0 atom stereocenters. The van der Waals surface area contributed by atoms with E-state index in [2.05, 4.69) is 11.4 Å². The maximum atomic E-state index is 13.4. The zero-order chi connectivity index (χ0) is 26.5. The first-order valence-corrected chi connectivity index (χ1v) is 12.9. The third kappa shape index (κ3) is 5.49. The Morgan fingerprint density at radius 2 is 1.63 bits per heavy atom. The van der Waals surface area contributed by atoms with Crippen molar-refractivity contribution in [2.45, 2.75) is 38.3 Å². The number of para-hydroxylation sites is 2. The van der Waals surface area contributed by atoms with E-state index in [1.807, 2.05) is 35.2 Å². The molecule has 2 aliphatic rings. The highest BCUT2D eigenvalue weighted by Gasteiger charge is 2.34. The van der Waals surface area contributed by atoms with Crippen LogP contribution in [-0.2, 0) is 22.6 Å². The lowest BCUT2D eigenvalue weighted by Crippen LogP contribution is -2.50. The fraction of sp³-hybridized carbons (Fsp3) is 0.300. The van der Waals surface area contributed by atoms with E-state index < -0.39 is 6.09 Å². The number of anilines is 2. The third-order valence-corrected chi connectivity index (χ3v) is 7.17. The number of amides is 3. The van der Waals surface area contributed by atoms with Crippen LogP contribution in [-0.4, -0.2) is 49.0 Å². The molecule has 196 valence electrons. The molecule has 0 aromatic heterocycles. The summed E-state index contributed by atoms with van der Waals surface area (Å²) in [7, 11) is 1.59. The summed E-state index contributed by atoms with van der Waals surface area (Å²) < 4.78 is 10.5. The molecule has 5 rings (SSSR count). The SMILES string of the molecule is COc1ccc(COC(=O)Nc2ccccc2C(=O)N2CCC(N3C(=O)CCc4ccccc43)CC2)cc1. The Hall–Kier alpha value is -4.33. The number of carbonyl (C=O) groups is 3. The minimum absolute atomic E-state index is 0.0642. The van der Waals surface area contributed by atoms with Crippen molar-refractivity contribution in [3.05, 3.63) is 89.5 Å². The molecular weight excluding hydrogens is 482 g/mol. The van der Waals surface area contributed by atoms with Crippen molar-refractivity contribution >= 4 is 29.3 Å². The molecular formula is C30H31N3O5. The van der Waals surface area contributed by atoms with Gasteiger partial charge in [-0.1, -0.05) is 42.5 Å². The topological polar surface area (TPSA) is 88.2 Å². The maximum absolute atomic E-state index is 13.4. The van der Waals surface area contributed by atoms with Crippen molar-refractivity contribution in [3.8, 4) is 5.75 Å². The number of hydrogen-bond donors (Lipinski definition) is 1. The van der Waals surface area contributed by atoms with Crippen molar-refractivity contribution < 1.29 is 23.9 Å². The highest BCUT2D eigenvalue weighted by Crippen LogP contribution is 2.32. The normalized spacial score (nSPS) is 15.6. The predicted octanol–water partition coefficient (Wildman–Crippen LogP) is 5.03. The van der Waals surface area contributed by atoms with Gasteiger partial charge in [0.2, 0.25) is 5.91 Å². The van der Waals surface area contributed by atoms with E-state index in [0.717, 1.165) is 23.4 Å². The van der Waals surface area contributed by atoms with Gasteiger partial charge in [0.1, 0.15) is 12.4 Å². The summed E-state index contributed by atoms with van der Waals surface area (Å²) in [4.78, 5) is 42.5. The van der Waals surface area contributed by atoms with Crippen molar-refractivity contribution in [2.24, 2.45) is 0 Å². The van der Waals surface area contributed by atoms with Crippen LogP contribution in [0.25, 0.3) is 0 Å². The maximum Gasteiger partial charge on any atom is 0.411 e. The van der Waals surface area contributed by atoms with Crippen LogP contribution in [0.15, 0.2) is 72.8 Å². The lowest BCUT2D eigenvalue weighted by Gasteiger charge is -2.41. The molecule has 1 fully saturated rings. The Kier molecular flexibility index (Phi) is 7.58. The summed E-state index contributed by atoms with van der Waals surface area (Å²) in [5.41, 5.74) is 3.83. The summed E-state index contributed by atoms with van der Waals surface area (Å²) in [5, 5.41) is 2.71. The van der Waals surface area contributed by atoms with Gasteiger partial charge >= 0.3 is 6.09 Å². The molecule has 0 aliphatic carbocycles. The molecule has 38 heavy (non-hydrogen) atoms. The van der Waals surface area contributed by atoms with Gasteiger partial charge in [-0.2, -0.15) is 0 Å². The first-order chi connectivity index (χ1) is 18.5. The number of ether oxygens (including phenoxy) is 2. The Morgan fingerprint density at radius 1 is 0.921 bits per heavy atom. The zero-order valence-electron chi connectivity index (χ0n) is 21.4. The molecule has 0 saturated carbocycles. The van der Waals surface area contributed by atoms with E-state index in [1.54, 1.807) is 48.4 Å². The van der Waals surface area contributed by atoms with Gasteiger partial charge in [-0.05, 0) is 60.7 Å². The largest absolute Gasteiger partial charge is 0.497 e. The van der Waals surface area contributed by atoms with Crippen LogP contribution >= 0.6 is 0 Å². The van der Waals surface area contributed by atoms with Crippen LogP contribution in [0.1, 0.15) is 40.7 Å². The smallest absolute Gasteiger partial charge is 0.411 e. The minimum atomic E-state index is -0.637. The van der Waals surface area contributed by atoms with E-state index in [1.165, 1.54) is 5.56 Å². The minimum Gasteiger partial charge on any atom is -0.497 e. The van der Waals surface area contributed by atoms with Gasteiger partial charge in [-0.15, -0.1) is 0 Å². The Balaban J connectivity index is 1.20. The summed E-state index contributed by atoms with van der Waals surface area (Å²) >= 11 is 0. The monoisotopic (exact) mass is 513 g/mol. The molecule has 1 N–H and O–H groups in total. The number of carbonyl (C=O) groups excluding carboxylic acids is 3. The number of nitrogens with one attached hydrogen (secondary N) is 1. The average Bonchev–Trinajstić information content (AvgIpc) is 2.96. The first kappa shape index (κ1) is 25.3. The van der Waals surface area contributed by atoms with E-state index in [-0.39, 0.29) is 24.5 Å². The Bertz CT molecular complexity index is 1320. The molecule has 0 spiro atoms. The van der Waals surface area contributed by atoms with Crippen LogP contribution in [0.3, 0.4) is 0 Å². The van der Waals surface area contributed by atoms with Crippen molar-refractivity contribution in [1.82, 2.24) is 4.90 Å². The van der Waals surface area contributed by atoms with Gasteiger partial charge in [0, 0.05) is 31.2 Å². The highest BCUT2D eigenvalue weighted by molar-refractivity contribution is 6.03. The molecule has 3 aromatic carbocycles. The molecule has 2 heterocycles. The van der Waals surface area contributed by atoms with E-state index in [4.69, 9.17) is 9.47 Å². The van der Waals surface area contributed by atoms with Gasteiger partial charge < -0.3 is 19.3 Å². The molecule has 2 aliphatic heterocycles. The molecule has 1 saturated heterocycles. The second kappa shape index (κ2) is 11.4. The number of rotatable bonds is 6. The predicted molar refractivity (Wildman–Crippen MR) is 144 cm³/mol.